The molecule has 0 unspecified atom stereocenters. The first-order chi connectivity index (χ1) is 10.5. The van der Waals surface area contributed by atoms with Crippen LogP contribution < -0.4 is 5.32 Å². The lowest BCUT2D eigenvalue weighted by Gasteiger charge is -2.07. The molecule has 0 aliphatic carbocycles. The second kappa shape index (κ2) is 7.02. The fraction of sp³-hybridized carbons (Fsp3) is 0.133. The molecule has 2 rings (SSSR count). The van der Waals surface area contributed by atoms with Crippen molar-refractivity contribution in [2.24, 2.45) is 0 Å². The molecular weight excluding hydrogens is 308 g/mol. The number of nitro groups is 1. The largest absolute Gasteiger partial charge is 0.392 e. The Bertz CT molecular complexity index is 718. The molecule has 0 aliphatic rings. The topological polar surface area (TPSA) is 92.5 Å². The van der Waals surface area contributed by atoms with E-state index in [0.717, 1.165) is 0 Å². The zero-order valence-electron chi connectivity index (χ0n) is 11.5. The number of aliphatic hydroxyl groups is 1. The van der Waals surface area contributed by atoms with Crippen LogP contribution in [0.4, 0.5) is 11.4 Å². The molecule has 0 saturated carbocycles. The molecule has 0 heterocycles. The molecule has 0 aliphatic heterocycles. The lowest BCUT2D eigenvalue weighted by atomic mass is 10.1. The van der Waals surface area contributed by atoms with Crippen molar-refractivity contribution in [1.29, 1.82) is 0 Å². The number of nitrogens with zero attached hydrogens (tertiary/aromatic N) is 1. The molecule has 0 fully saturated rings. The van der Waals surface area contributed by atoms with Crippen molar-refractivity contribution in [3.63, 3.8) is 0 Å². The number of carbonyl (C=O) groups excluding carboxylic acids is 1. The van der Waals surface area contributed by atoms with Crippen LogP contribution in [0.3, 0.4) is 0 Å². The molecule has 7 heteroatoms. The Kier molecular flexibility index (Phi) is 5.08. The first-order valence-electron chi connectivity index (χ1n) is 6.42. The van der Waals surface area contributed by atoms with E-state index in [4.69, 9.17) is 16.7 Å². The molecule has 0 bridgehead atoms. The van der Waals surface area contributed by atoms with Crippen molar-refractivity contribution < 1.29 is 14.8 Å². The van der Waals surface area contributed by atoms with Gasteiger partial charge in [0.2, 0.25) is 5.91 Å². The standard InChI is InChI=1S/C15H13ClN2O4/c16-14-8-13(18(21)22)5-4-11(14)7-15(20)17-12-3-1-2-10(6-12)9-19/h1-6,8,19H,7,9H2,(H,17,20). The number of anilines is 1. The molecule has 6 nitrogen and oxygen atoms in total. The van der Waals surface area contributed by atoms with Gasteiger partial charge in [-0.15, -0.1) is 0 Å². The summed E-state index contributed by atoms with van der Waals surface area (Å²) in [5.41, 5.74) is 1.63. The molecule has 2 aromatic rings. The molecule has 0 saturated heterocycles. The third-order valence-electron chi connectivity index (χ3n) is 2.99. The molecule has 0 spiro atoms. The van der Waals surface area contributed by atoms with Crippen molar-refractivity contribution in [3.8, 4) is 0 Å². The summed E-state index contributed by atoms with van der Waals surface area (Å²) in [6.07, 6.45) is 0.000179. The van der Waals surface area contributed by atoms with E-state index in [2.05, 4.69) is 5.32 Å². The highest BCUT2D eigenvalue weighted by molar-refractivity contribution is 6.31. The molecule has 114 valence electrons. The number of halogens is 1. The number of nitrogens with one attached hydrogen (secondary N) is 1. The van der Waals surface area contributed by atoms with Gasteiger partial charge in [0.25, 0.3) is 5.69 Å². The maximum absolute atomic E-state index is 12.0. The summed E-state index contributed by atoms with van der Waals surface area (Å²) >= 11 is 5.95. The smallest absolute Gasteiger partial charge is 0.270 e. The summed E-state index contributed by atoms with van der Waals surface area (Å²) in [6, 6.07) is 10.8. The maximum atomic E-state index is 12.0. The number of hydrogen-bond donors (Lipinski definition) is 2. The second-order valence-electron chi connectivity index (χ2n) is 4.62. The monoisotopic (exact) mass is 320 g/mol. The highest BCUT2D eigenvalue weighted by Gasteiger charge is 2.12. The molecule has 0 aromatic heterocycles. The average molecular weight is 321 g/mol. The van der Waals surface area contributed by atoms with Crippen LogP contribution in [0.15, 0.2) is 42.5 Å². The lowest BCUT2D eigenvalue weighted by Crippen LogP contribution is -2.14. The van der Waals surface area contributed by atoms with E-state index in [-0.39, 0.29) is 29.6 Å². The van der Waals surface area contributed by atoms with Gasteiger partial charge in [0.05, 0.1) is 23.0 Å². The Morgan fingerprint density at radius 3 is 2.68 bits per heavy atom. The zero-order valence-corrected chi connectivity index (χ0v) is 12.2. The van der Waals surface area contributed by atoms with Gasteiger partial charge in [-0.1, -0.05) is 29.8 Å². The number of aliphatic hydroxyl groups excluding tert-OH is 1. The van der Waals surface area contributed by atoms with E-state index in [0.29, 0.717) is 16.8 Å². The number of non-ortho nitro benzene ring substituents is 1. The SMILES string of the molecule is O=C(Cc1ccc([N+](=O)[O-])cc1Cl)Nc1cccc(CO)c1. The molecular formula is C15H13ClN2O4. The summed E-state index contributed by atoms with van der Waals surface area (Å²) in [5.74, 6) is -0.300. The average Bonchev–Trinajstić information content (AvgIpc) is 2.49. The second-order valence-corrected chi connectivity index (χ2v) is 5.02. The Morgan fingerprint density at radius 2 is 2.05 bits per heavy atom. The fourth-order valence-corrected chi connectivity index (χ4v) is 2.16. The quantitative estimate of drug-likeness (QED) is 0.654. The van der Waals surface area contributed by atoms with Crippen LogP contribution in [-0.2, 0) is 17.8 Å². The predicted octanol–water partition coefficient (Wildman–Crippen LogP) is 2.92. The number of rotatable bonds is 5. The van der Waals surface area contributed by atoms with Gasteiger partial charge >= 0.3 is 0 Å². The molecule has 0 radical (unpaired) electrons. The summed E-state index contributed by atoms with van der Waals surface area (Å²) in [7, 11) is 0. The number of amides is 1. The summed E-state index contributed by atoms with van der Waals surface area (Å²) in [4.78, 5) is 22.1. The highest BCUT2D eigenvalue weighted by Crippen LogP contribution is 2.23. The van der Waals surface area contributed by atoms with Crippen LogP contribution in [0.25, 0.3) is 0 Å². The minimum atomic E-state index is -0.546. The van der Waals surface area contributed by atoms with Crippen LogP contribution >= 0.6 is 11.6 Å². The minimum absolute atomic E-state index is 0.000179. The summed E-state index contributed by atoms with van der Waals surface area (Å²) in [6.45, 7) is -0.113. The Balaban J connectivity index is 2.07. The van der Waals surface area contributed by atoms with Crippen LogP contribution in [0, 0.1) is 10.1 Å². The Labute approximate surface area is 131 Å². The van der Waals surface area contributed by atoms with E-state index in [1.807, 2.05) is 0 Å². The Morgan fingerprint density at radius 1 is 1.27 bits per heavy atom. The van der Waals surface area contributed by atoms with E-state index < -0.39 is 4.92 Å². The van der Waals surface area contributed by atoms with E-state index in [1.165, 1.54) is 18.2 Å². The first-order valence-corrected chi connectivity index (χ1v) is 6.80. The van der Waals surface area contributed by atoms with Crippen LogP contribution in [0.2, 0.25) is 5.02 Å². The molecule has 0 atom stereocenters. The van der Waals surface area contributed by atoms with Gasteiger partial charge in [0, 0.05) is 17.8 Å². The van der Waals surface area contributed by atoms with Crippen molar-refractivity contribution >= 4 is 28.9 Å². The Hall–Kier alpha value is -2.44. The number of hydrogen-bond acceptors (Lipinski definition) is 4. The number of carbonyl (C=O) groups is 1. The van der Waals surface area contributed by atoms with Gasteiger partial charge in [-0.3, -0.25) is 14.9 Å². The third kappa shape index (κ3) is 4.03. The fourth-order valence-electron chi connectivity index (χ4n) is 1.92. The van der Waals surface area contributed by atoms with Gasteiger partial charge in [0.1, 0.15) is 0 Å². The van der Waals surface area contributed by atoms with Crippen LogP contribution in [0.5, 0.6) is 0 Å². The van der Waals surface area contributed by atoms with Crippen LogP contribution in [-0.4, -0.2) is 15.9 Å². The van der Waals surface area contributed by atoms with E-state index >= 15 is 0 Å². The first kappa shape index (κ1) is 15.9. The van der Waals surface area contributed by atoms with Crippen molar-refractivity contribution in [3.05, 3.63) is 68.7 Å². The molecule has 22 heavy (non-hydrogen) atoms. The minimum Gasteiger partial charge on any atom is -0.392 e. The highest BCUT2D eigenvalue weighted by atomic mass is 35.5. The number of nitro benzene ring substituents is 1. The van der Waals surface area contributed by atoms with Gasteiger partial charge in [-0.25, -0.2) is 0 Å². The van der Waals surface area contributed by atoms with Crippen LogP contribution in [0.1, 0.15) is 11.1 Å². The maximum Gasteiger partial charge on any atom is 0.270 e. The number of benzene rings is 2. The van der Waals surface area contributed by atoms with Crippen molar-refractivity contribution in [1.82, 2.24) is 0 Å². The molecule has 2 N–H and O–H groups in total. The normalized spacial score (nSPS) is 10.3. The van der Waals surface area contributed by atoms with Gasteiger partial charge in [-0.2, -0.15) is 0 Å². The summed E-state index contributed by atoms with van der Waals surface area (Å²) < 4.78 is 0. The van der Waals surface area contributed by atoms with E-state index in [1.54, 1.807) is 24.3 Å². The van der Waals surface area contributed by atoms with Gasteiger partial charge in [-0.05, 0) is 23.3 Å². The van der Waals surface area contributed by atoms with Gasteiger partial charge in [0.15, 0.2) is 0 Å². The predicted molar refractivity (Wildman–Crippen MR) is 82.8 cm³/mol. The molecule has 1 amide bonds. The lowest BCUT2D eigenvalue weighted by molar-refractivity contribution is -0.384. The molecule has 2 aromatic carbocycles. The third-order valence-corrected chi connectivity index (χ3v) is 3.34. The van der Waals surface area contributed by atoms with Gasteiger partial charge < -0.3 is 10.4 Å². The summed E-state index contributed by atoms with van der Waals surface area (Å²) in [5, 5.41) is 22.6. The van der Waals surface area contributed by atoms with E-state index in [9.17, 15) is 14.9 Å². The zero-order chi connectivity index (χ0) is 16.1. The van der Waals surface area contributed by atoms with Crippen molar-refractivity contribution in [2.75, 3.05) is 5.32 Å². The van der Waals surface area contributed by atoms with Crippen molar-refractivity contribution in [2.45, 2.75) is 13.0 Å².